The molecule has 0 atom stereocenters. The van der Waals surface area contributed by atoms with Gasteiger partial charge in [0.1, 0.15) is 17.3 Å². The summed E-state index contributed by atoms with van der Waals surface area (Å²) in [6, 6.07) is 19.5. The molecule has 9 nitrogen and oxygen atoms in total. The third-order valence-electron chi connectivity index (χ3n) is 5.14. The number of hydrogen-bond acceptors (Lipinski definition) is 8. The minimum Gasteiger partial charge on any atom is -0.455 e. The lowest BCUT2D eigenvalue weighted by Crippen LogP contribution is -1.98. The molecule has 2 N–H and O–H groups in total. The smallest absolute Gasteiger partial charge is 0.174 e. The molecule has 0 saturated carbocycles. The topological polar surface area (TPSA) is 114 Å². The maximum atomic E-state index is 6.22. The summed E-state index contributed by atoms with van der Waals surface area (Å²) in [5.74, 6) is 2.70. The Hall–Kier alpha value is -4.66. The number of anilines is 2. The lowest BCUT2D eigenvalue weighted by atomic mass is 10.1. The Labute approximate surface area is 196 Å². The molecule has 0 spiro atoms. The van der Waals surface area contributed by atoms with Crippen LogP contribution in [-0.2, 0) is 12.8 Å². The highest BCUT2D eigenvalue weighted by Crippen LogP contribution is 2.32. The first kappa shape index (κ1) is 21.2. The zero-order chi connectivity index (χ0) is 23.2. The fourth-order valence-electron chi connectivity index (χ4n) is 3.51. The molecule has 5 rings (SSSR count). The van der Waals surface area contributed by atoms with Crippen LogP contribution in [0.15, 0.2) is 79.3 Å². The van der Waals surface area contributed by atoms with Crippen LogP contribution in [-0.4, -0.2) is 35.6 Å². The Morgan fingerprint density at radius 1 is 0.941 bits per heavy atom. The highest BCUT2D eigenvalue weighted by atomic mass is 16.5. The molecule has 0 bridgehead atoms. The van der Waals surface area contributed by atoms with Crippen molar-refractivity contribution in [3.05, 3.63) is 96.3 Å². The summed E-state index contributed by atoms with van der Waals surface area (Å²) in [5.41, 5.74) is 4.72. The van der Waals surface area contributed by atoms with E-state index < -0.39 is 0 Å². The Kier molecular flexibility index (Phi) is 6.15. The molecule has 0 unspecified atom stereocenters. The third-order valence-corrected chi connectivity index (χ3v) is 5.14. The van der Waals surface area contributed by atoms with Crippen molar-refractivity contribution in [1.29, 1.82) is 0 Å². The molecule has 34 heavy (non-hydrogen) atoms. The lowest BCUT2D eigenvalue weighted by Gasteiger charge is -2.13. The van der Waals surface area contributed by atoms with Gasteiger partial charge in [0.05, 0.1) is 0 Å². The predicted octanol–water partition coefficient (Wildman–Crippen LogP) is 4.68. The van der Waals surface area contributed by atoms with Crippen LogP contribution in [0.25, 0.3) is 11.3 Å². The Balaban J connectivity index is 1.32. The molecule has 9 heteroatoms. The summed E-state index contributed by atoms with van der Waals surface area (Å²) >= 11 is 0. The lowest BCUT2D eigenvalue weighted by molar-refractivity contribution is 0.481. The van der Waals surface area contributed by atoms with Gasteiger partial charge in [-0.2, -0.15) is 5.21 Å². The zero-order valence-electron chi connectivity index (χ0n) is 18.5. The number of hydrogen-bond donors (Lipinski definition) is 2. The SMILES string of the molecule is Cc1ccc(Oc2ccnc(Nc3cccc(CCc4nn[nH]n4)c3)c2)c(-c2ccncc2)n1. The molecule has 4 heterocycles. The van der Waals surface area contributed by atoms with Gasteiger partial charge >= 0.3 is 0 Å². The van der Waals surface area contributed by atoms with Crippen LogP contribution in [0.1, 0.15) is 17.1 Å². The summed E-state index contributed by atoms with van der Waals surface area (Å²) in [6.07, 6.45) is 6.73. The second kappa shape index (κ2) is 9.86. The summed E-state index contributed by atoms with van der Waals surface area (Å²) in [5, 5.41) is 17.4. The molecule has 0 amide bonds. The van der Waals surface area contributed by atoms with Gasteiger partial charge in [0.25, 0.3) is 0 Å². The molecule has 1 aromatic carbocycles. The van der Waals surface area contributed by atoms with Crippen LogP contribution in [0.2, 0.25) is 0 Å². The van der Waals surface area contributed by atoms with Gasteiger partial charge in [-0.15, -0.1) is 10.2 Å². The highest BCUT2D eigenvalue weighted by molar-refractivity contribution is 5.67. The van der Waals surface area contributed by atoms with Gasteiger partial charge in [0.2, 0.25) is 0 Å². The third kappa shape index (κ3) is 5.21. The second-order valence-electron chi connectivity index (χ2n) is 7.67. The van der Waals surface area contributed by atoms with Gasteiger partial charge in [0, 0.05) is 48.0 Å². The second-order valence-corrected chi connectivity index (χ2v) is 7.67. The standard InChI is InChI=1S/C25H22N8O/c1-17-5-7-22(25(28-17)19-9-12-26-13-10-19)34-21-11-14-27-24(16-21)29-20-4-2-3-18(15-20)6-8-23-30-32-33-31-23/h2-5,7,9-16H,6,8H2,1H3,(H,27,29)(H,30,31,32,33). The first-order valence-electron chi connectivity index (χ1n) is 10.8. The molecular formula is C25H22N8O. The Morgan fingerprint density at radius 3 is 2.71 bits per heavy atom. The van der Waals surface area contributed by atoms with Gasteiger partial charge in [-0.25, -0.2) is 9.97 Å². The van der Waals surface area contributed by atoms with E-state index in [1.165, 1.54) is 0 Å². The zero-order valence-corrected chi connectivity index (χ0v) is 18.5. The molecule has 0 aliphatic heterocycles. The molecule has 0 radical (unpaired) electrons. The summed E-state index contributed by atoms with van der Waals surface area (Å²) in [7, 11) is 0. The average Bonchev–Trinajstić information content (AvgIpc) is 3.39. The first-order chi connectivity index (χ1) is 16.7. The number of aromatic nitrogens is 7. The van der Waals surface area contributed by atoms with Crippen LogP contribution >= 0.6 is 0 Å². The van der Waals surface area contributed by atoms with Crippen molar-refractivity contribution in [2.24, 2.45) is 0 Å². The summed E-state index contributed by atoms with van der Waals surface area (Å²) in [4.78, 5) is 13.2. The molecule has 4 aromatic heterocycles. The van der Waals surface area contributed by atoms with Crippen molar-refractivity contribution in [1.82, 2.24) is 35.6 Å². The van der Waals surface area contributed by atoms with Gasteiger partial charge in [-0.05, 0) is 61.4 Å². The van der Waals surface area contributed by atoms with Gasteiger partial charge in [0.15, 0.2) is 11.6 Å². The number of H-pyrrole nitrogens is 1. The number of benzene rings is 1. The average molecular weight is 451 g/mol. The van der Waals surface area contributed by atoms with E-state index in [4.69, 9.17) is 4.74 Å². The molecule has 168 valence electrons. The monoisotopic (exact) mass is 450 g/mol. The molecule has 5 aromatic rings. The van der Waals surface area contributed by atoms with Crippen molar-refractivity contribution in [3.63, 3.8) is 0 Å². The quantitative estimate of drug-likeness (QED) is 0.350. The van der Waals surface area contributed by atoms with E-state index in [2.05, 4.69) is 53.0 Å². The van der Waals surface area contributed by atoms with Crippen molar-refractivity contribution in [2.45, 2.75) is 19.8 Å². The number of rotatable bonds is 8. The van der Waals surface area contributed by atoms with Gasteiger partial charge in [-0.1, -0.05) is 17.3 Å². The number of ether oxygens (including phenoxy) is 1. The van der Waals surface area contributed by atoms with Crippen LogP contribution in [0.4, 0.5) is 11.5 Å². The Morgan fingerprint density at radius 2 is 1.85 bits per heavy atom. The van der Waals surface area contributed by atoms with E-state index in [-0.39, 0.29) is 0 Å². The Bertz CT molecular complexity index is 1370. The fourth-order valence-corrected chi connectivity index (χ4v) is 3.51. The predicted molar refractivity (Wildman–Crippen MR) is 128 cm³/mol. The first-order valence-corrected chi connectivity index (χ1v) is 10.8. The summed E-state index contributed by atoms with van der Waals surface area (Å²) in [6.45, 7) is 1.96. The number of aromatic amines is 1. The van der Waals surface area contributed by atoms with Crippen molar-refractivity contribution >= 4 is 11.5 Å². The van der Waals surface area contributed by atoms with Crippen molar-refractivity contribution < 1.29 is 4.74 Å². The molecular weight excluding hydrogens is 428 g/mol. The number of nitrogens with zero attached hydrogens (tertiary/aromatic N) is 6. The van der Waals surface area contributed by atoms with Crippen molar-refractivity contribution in [3.8, 4) is 22.8 Å². The van der Waals surface area contributed by atoms with E-state index in [1.54, 1.807) is 18.6 Å². The van der Waals surface area contributed by atoms with Crippen LogP contribution in [0.5, 0.6) is 11.5 Å². The van der Waals surface area contributed by atoms with Crippen LogP contribution < -0.4 is 10.1 Å². The van der Waals surface area contributed by atoms with Gasteiger partial charge < -0.3 is 10.1 Å². The van der Waals surface area contributed by atoms with E-state index in [0.717, 1.165) is 34.6 Å². The van der Waals surface area contributed by atoms with Crippen LogP contribution in [0, 0.1) is 6.92 Å². The van der Waals surface area contributed by atoms with Crippen LogP contribution in [0.3, 0.4) is 0 Å². The molecule has 0 fully saturated rings. The fraction of sp³-hybridized carbons (Fsp3) is 0.120. The van der Waals surface area contributed by atoms with E-state index >= 15 is 0 Å². The van der Waals surface area contributed by atoms with Crippen molar-refractivity contribution in [2.75, 3.05) is 5.32 Å². The molecule has 0 aliphatic rings. The number of pyridine rings is 3. The van der Waals surface area contributed by atoms with Gasteiger partial charge in [-0.3, -0.25) is 4.98 Å². The summed E-state index contributed by atoms with van der Waals surface area (Å²) < 4.78 is 6.22. The normalized spacial score (nSPS) is 10.7. The van der Waals surface area contributed by atoms with E-state index in [0.29, 0.717) is 29.6 Å². The number of aryl methyl sites for hydroxylation is 3. The molecule has 0 saturated heterocycles. The number of nitrogens with one attached hydrogen (secondary N) is 2. The van der Waals surface area contributed by atoms with E-state index in [9.17, 15) is 0 Å². The maximum absolute atomic E-state index is 6.22. The highest BCUT2D eigenvalue weighted by Gasteiger charge is 2.11. The van der Waals surface area contributed by atoms with E-state index in [1.807, 2.05) is 55.5 Å². The number of tetrazole rings is 1. The largest absolute Gasteiger partial charge is 0.455 e. The maximum Gasteiger partial charge on any atom is 0.174 e. The minimum atomic E-state index is 0.659. The minimum absolute atomic E-state index is 0.659. The molecule has 0 aliphatic carbocycles.